The van der Waals surface area contributed by atoms with Crippen molar-refractivity contribution in [1.29, 1.82) is 0 Å². The summed E-state index contributed by atoms with van der Waals surface area (Å²) in [5.41, 5.74) is 5.42. The molecule has 0 heterocycles. The van der Waals surface area contributed by atoms with Gasteiger partial charge in [-0.3, -0.25) is 25.2 Å². The predicted octanol–water partition coefficient (Wildman–Crippen LogP) is 3.25. The summed E-state index contributed by atoms with van der Waals surface area (Å²) < 4.78 is 19.2. The molecule has 3 N–H and O–H groups in total. The van der Waals surface area contributed by atoms with E-state index in [1.807, 2.05) is 0 Å². The van der Waals surface area contributed by atoms with E-state index in [9.17, 15) is 18.8 Å². The number of carbonyl (C=O) groups excluding carboxylic acids is 3. The maximum atomic E-state index is 13.6. The summed E-state index contributed by atoms with van der Waals surface area (Å²) in [6.45, 7) is -0.129. The molecule has 0 fully saturated rings. The van der Waals surface area contributed by atoms with Crippen molar-refractivity contribution in [2.45, 2.75) is 6.61 Å². The number of halogens is 2. The number of benzene rings is 3. The van der Waals surface area contributed by atoms with Gasteiger partial charge in [-0.05, 0) is 54.1 Å². The lowest BCUT2D eigenvalue weighted by Crippen LogP contribution is -2.46. The minimum atomic E-state index is -0.735. The van der Waals surface area contributed by atoms with Crippen molar-refractivity contribution in [3.63, 3.8) is 0 Å². The molecule has 0 aromatic heterocycles. The van der Waals surface area contributed by atoms with E-state index in [4.69, 9.17) is 16.3 Å². The molecule has 3 rings (SSSR count). The minimum Gasteiger partial charge on any atom is -0.489 e. The molecule has 3 amide bonds. The van der Waals surface area contributed by atoms with E-state index in [0.717, 1.165) is 11.6 Å². The molecule has 32 heavy (non-hydrogen) atoms. The van der Waals surface area contributed by atoms with Crippen LogP contribution in [-0.2, 0) is 11.4 Å². The van der Waals surface area contributed by atoms with E-state index >= 15 is 0 Å². The average molecular weight is 456 g/mol. The molecule has 9 heteroatoms. The Bertz CT molecular complexity index is 1100. The largest absolute Gasteiger partial charge is 0.489 e. The quantitative estimate of drug-likeness (QED) is 0.476. The van der Waals surface area contributed by atoms with Gasteiger partial charge >= 0.3 is 0 Å². The van der Waals surface area contributed by atoms with Gasteiger partial charge in [0, 0.05) is 10.6 Å². The van der Waals surface area contributed by atoms with Crippen LogP contribution in [0.3, 0.4) is 0 Å². The summed E-state index contributed by atoms with van der Waals surface area (Å²) in [6, 6.07) is 19.0. The molecule has 0 radical (unpaired) electrons. The van der Waals surface area contributed by atoms with E-state index in [-0.39, 0.29) is 5.56 Å². The molecule has 0 spiro atoms. The van der Waals surface area contributed by atoms with Crippen LogP contribution in [0.4, 0.5) is 4.39 Å². The molecule has 3 aromatic carbocycles. The number of hydrogen-bond acceptors (Lipinski definition) is 4. The Kier molecular flexibility index (Phi) is 7.77. The monoisotopic (exact) mass is 455 g/mol. The smallest absolute Gasteiger partial charge is 0.269 e. The van der Waals surface area contributed by atoms with E-state index < -0.39 is 30.1 Å². The highest BCUT2D eigenvalue weighted by Gasteiger charge is 2.13. The summed E-state index contributed by atoms with van der Waals surface area (Å²) in [7, 11) is 0. The van der Waals surface area contributed by atoms with Crippen LogP contribution in [0.25, 0.3) is 0 Å². The lowest BCUT2D eigenvalue weighted by molar-refractivity contribution is -0.120. The van der Waals surface area contributed by atoms with Crippen molar-refractivity contribution in [3.8, 4) is 5.75 Å². The van der Waals surface area contributed by atoms with E-state index in [2.05, 4.69) is 16.2 Å². The maximum Gasteiger partial charge on any atom is 0.269 e. The molecule has 0 atom stereocenters. The van der Waals surface area contributed by atoms with Gasteiger partial charge in [0.1, 0.15) is 18.2 Å². The van der Waals surface area contributed by atoms with Crippen LogP contribution in [0, 0.1) is 5.82 Å². The fourth-order valence-electron chi connectivity index (χ4n) is 2.59. The molecular formula is C23H19ClFN3O4. The third kappa shape index (κ3) is 6.55. The Morgan fingerprint density at radius 1 is 0.844 bits per heavy atom. The second-order valence-electron chi connectivity index (χ2n) is 6.60. The molecule has 0 aliphatic heterocycles. The van der Waals surface area contributed by atoms with E-state index in [1.54, 1.807) is 48.5 Å². The van der Waals surface area contributed by atoms with E-state index in [1.165, 1.54) is 18.2 Å². The number of amides is 3. The van der Waals surface area contributed by atoms with Gasteiger partial charge < -0.3 is 10.1 Å². The summed E-state index contributed by atoms with van der Waals surface area (Å²) in [5.74, 6) is -1.97. The lowest BCUT2D eigenvalue weighted by Gasteiger charge is -2.10. The predicted molar refractivity (Wildman–Crippen MR) is 117 cm³/mol. The first-order chi connectivity index (χ1) is 15.4. The summed E-state index contributed by atoms with van der Waals surface area (Å²) in [6.07, 6.45) is 0. The molecule has 0 unspecified atom stereocenters. The van der Waals surface area contributed by atoms with E-state index in [0.29, 0.717) is 22.9 Å². The zero-order valence-corrected chi connectivity index (χ0v) is 17.5. The second-order valence-corrected chi connectivity index (χ2v) is 7.04. The fourth-order valence-corrected chi connectivity index (χ4v) is 2.72. The molecule has 164 valence electrons. The van der Waals surface area contributed by atoms with Crippen molar-refractivity contribution in [2.75, 3.05) is 6.54 Å². The van der Waals surface area contributed by atoms with Crippen LogP contribution in [0.2, 0.25) is 5.02 Å². The molecule has 0 aliphatic carbocycles. The van der Waals surface area contributed by atoms with Crippen LogP contribution >= 0.6 is 11.6 Å². The van der Waals surface area contributed by atoms with Crippen molar-refractivity contribution in [2.24, 2.45) is 0 Å². The highest BCUT2D eigenvalue weighted by molar-refractivity contribution is 6.30. The molecule has 7 nitrogen and oxygen atoms in total. The Morgan fingerprint density at radius 3 is 2.22 bits per heavy atom. The molecule has 0 saturated carbocycles. The molecule has 0 aliphatic rings. The number of carbonyl (C=O) groups is 3. The van der Waals surface area contributed by atoms with Crippen molar-refractivity contribution >= 4 is 29.3 Å². The normalized spacial score (nSPS) is 10.2. The van der Waals surface area contributed by atoms with Gasteiger partial charge in [-0.15, -0.1) is 0 Å². The van der Waals surface area contributed by atoms with Crippen molar-refractivity contribution < 1.29 is 23.5 Å². The second kappa shape index (κ2) is 10.9. The SMILES string of the molecule is O=C(CNC(=O)c1ccccc1F)NNC(=O)c1ccc(COc2ccc(Cl)cc2)cc1. The Labute approximate surface area is 188 Å². The first-order valence-electron chi connectivity index (χ1n) is 9.51. The standard InChI is InChI=1S/C23H19ClFN3O4/c24-17-9-11-18(12-10-17)32-14-15-5-7-16(8-6-15)22(30)28-27-21(29)13-26-23(31)19-3-1-2-4-20(19)25/h1-12H,13-14H2,(H,26,31)(H,27,29)(H,28,30). The molecular weight excluding hydrogens is 437 g/mol. The maximum absolute atomic E-state index is 13.6. The van der Waals surface area contributed by atoms with Gasteiger partial charge in [0.2, 0.25) is 0 Å². The van der Waals surface area contributed by atoms with Gasteiger partial charge in [-0.25, -0.2) is 4.39 Å². The third-order valence-electron chi connectivity index (χ3n) is 4.28. The van der Waals surface area contributed by atoms with Crippen LogP contribution in [0.1, 0.15) is 26.3 Å². The van der Waals surface area contributed by atoms with Gasteiger partial charge in [0.15, 0.2) is 0 Å². The molecule has 0 saturated heterocycles. The van der Waals surface area contributed by atoms with Gasteiger partial charge in [-0.1, -0.05) is 35.9 Å². The van der Waals surface area contributed by atoms with Crippen molar-refractivity contribution in [3.05, 3.63) is 100 Å². The number of hydrogen-bond donors (Lipinski definition) is 3. The van der Waals surface area contributed by atoms with Gasteiger partial charge in [0.05, 0.1) is 12.1 Å². The summed E-state index contributed by atoms with van der Waals surface area (Å²) in [5, 5.41) is 2.90. The van der Waals surface area contributed by atoms with Crippen LogP contribution in [-0.4, -0.2) is 24.3 Å². The zero-order valence-electron chi connectivity index (χ0n) is 16.7. The highest BCUT2D eigenvalue weighted by Crippen LogP contribution is 2.17. The highest BCUT2D eigenvalue weighted by atomic mass is 35.5. The van der Waals surface area contributed by atoms with Crippen LogP contribution < -0.4 is 20.9 Å². The Morgan fingerprint density at radius 2 is 1.53 bits per heavy atom. The lowest BCUT2D eigenvalue weighted by atomic mass is 10.1. The minimum absolute atomic E-state index is 0.176. The van der Waals surface area contributed by atoms with Gasteiger partial charge in [-0.2, -0.15) is 0 Å². The Hall–Kier alpha value is -3.91. The van der Waals surface area contributed by atoms with Gasteiger partial charge in [0.25, 0.3) is 17.7 Å². The topological polar surface area (TPSA) is 96.5 Å². The number of hydrazine groups is 1. The van der Waals surface area contributed by atoms with Crippen molar-refractivity contribution in [1.82, 2.24) is 16.2 Å². The zero-order chi connectivity index (χ0) is 22.9. The third-order valence-corrected chi connectivity index (χ3v) is 4.53. The van der Waals surface area contributed by atoms with Crippen LogP contribution in [0.15, 0.2) is 72.8 Å². The first-order valence-corrected chi connectivity index (χ1v) is 9.89. The summed E-state index contributed by atoms with van der Waals surface area (Å²) in [4.78, 5) is 35.9. The average Bonchev–Trinajstić information content (AvgIpc) is 2.81. The van der Waals surface area contributed by atoms with Crippen LogP contribution in [0.5, 0.6) is 5.75 Å². The molecule has 0 bridgehead atoms. The number of ether oxygens (including phenoxy) is 1. The molecule has 3 aromatic rings. The number of nitrogens with one attached hydrogen (secondary N) is 3. The first kappa shape index (κ1) is 22.8. The summed E-state index contributed by atoms with van der Waals surface area (Å²) >= 11 is 5.83. The fraction of sp³-hybridized carbons (Fsp3) is 0.0870. The number of rotatable bonds is 7. The Balaban J connectivity index is 1.42.